The van der Waals surface area contributed by atoms with Crippen molar-refractivity contribution in [1.29, 1.82) is 0 Å². The van der Waals surface area contributed by atoms with Crippen molar-refractivity contribution in [1.82, 2.24) is 19.7 Å². The van der Waals surface area contributed by atoms with Gasteiger partial charge in [0.1, 0.15) is 29.7 Å². The Hall–Kier alpha value is -2.64. The van der Waals surface area contributed by atoms with Gasteiger partial charge in [0.05, 0.1) is 13.1 Å². The normalized spacial score (nSPS) is 10.6. The van der Waals surface area contributed by atoms with E-state index in [1.54, 1.807) is 25.0 Å². The molecule has 0 aromatic carbocycles. The van der Waals surface area contributed by atoms with E-state index >= 15 is 0 Å². The van der Waals surface area contributed by atoms with Crippen LogP contribution >= 0.6 is 0 Å². The number of amides is 1. The first-order valence-electron chi connectivity index (χ1n) is 6.36. The van der Waals surface area contributed by atoms with Gasteiger partial charge >= 0.3 is 5.97 Å². The Balaban J connectivity index is 1.91. The highest BCUT2D eigenvalue weighted by molar-refractivity contribution is 5.88. The van der Waals surface area contributed by atoms with Crippen molar-refractivity contribution >= 4 is 11.9 Å². The number of aromatic carboxylic acids is 1. The first-order valence-corrected chi connectivity index (χ1v) is 6.36. The van der Waals surface area contributed by atoms with Gasteiger partial charge in [-0.25, -0.2) is 9.78 Å². The van der Waals surface area contributed by atoms with Gasteiger partial charge in [0.2, 0.25) is 5.91 Å². The van der Waals surface area contributed by atoms with Crippen LogP contribution in [0, 0.1) is 6.92 Å². The minimum absolute atomic E-state index is 0.0866. The minimum Gasteiger partial charge on any atom is -0.478 e. The Morgan fingerprint density at radius 2 is 2.24 bits per heavy atom. The molecule has 0 aliphatic heterocycles. The predicted molar refractivity (Wildman–Crippen MR) is 71.5 cm³/mol. The van der Waals surface area contributed by atoms with E-state index in [1.807, 2.05) is 0 Å². The number of aromatic nitrogens is 3. The molecule has 112 valence electrons. The third-order valence-corrected chi connectivity index (χ3v) is 3.04. The summed E-state index contributed by atoms with van der Waals surface area (Å²) in [5.74, 6) is -0.346. The van der Waals surface area contributed by atoms with Crippen molar-refractivity contribution < 1.29 is 19.1 Å². The quantitative estimate of drug-likeness (QED) is 0.849. The van der Waals surface area contributed by atoms with Crippen molar-refractivity contribution in [3.8, 4) is 0 Å². The third-order valence-electron chi connectivity index (χ3n) is 3.04. The average Bonchev–Trinajstić information content (AvgIpc) is 3.05. The van der Waals surface area contributed by atoms with Crippen LogP contribution in [0.15, 0.2) is 23.1 Å². The number of furan rings is 1. The molecule has 0 atom stereocenters. The number of aryl methyl sites for hydroxylation is 2. The molecule has 0 bridgehead atoms. The van der Waals surface area contributed by atoms with Crippen LogP contribution in [-0.2, 0) is 17.9 Å². The smallest absolute Gasteiger partial charge is 0.339 e. The van der Waals surface area contributed by atoms with Gasteiger partial charge < -0.3 is 14.4 Å². The summed E-state index contributed by atoms with van der Waals surface area (Å²) in [7, 11) is 1.64. The van der Waals surface area contributed by atoms with Crippen LogP contribution in [0.1, 0.15) is 28.3 Å². The zero-order valence-corrected chi connectivity index (χ0v) is 11.8. The number of carboxylic acids is 1. The van der Waals surface area contributed by atoms with Gasteiger partial charge in [-0.05, 0) is 13.0 Å². The lowest BCUT2D eigenvalue weighted by Gasteiger charge is -2.15. The van der Waals surface area contributed by atoms with Crippen LogP contribution in [0.2, 0.25) is 0 Å². The Morgan fingerprint density at radius 1 is 1.48 bits per heavy atom. The summed E-state index contributed by atoms with van der Waals surface area (Å²) in [4.78, 5) is 28.2. The van der Waals surface area contributed by atoms with E-state index in [9.17, 15) is 9.59 Å². The molecule has 1 N–H and O–H groups in total. The highest BCUT2D eigenvalue weighted by Gasteiger charge is 2.16. The molecule has 2 heterocycles. The summed E-state index contributed by atoms with van der Waals surface area (Å²) in [6, 6.07) is 1.44. The summed E-state index contributed by atoms with van der Waals surface area (Å²) in [6.07, 6.45) is 3.24. The molecule has 0 spiro atoms. The molecule has 0 fully saturated rings. The number of carbonyl (C=O) groups is 2. The maximum Gasteiger partial charge on any atom is 0.339 e. The molecular formula is C13H16N4O4. The first-order chi connectivity index (χ1) is 9.97. The Morgan fingerprint density at radius 3 is 2.81 bits per heavy atom. The van der Waals surface area contributed by atoms with Crippen LogP contribution in [0.5, 0.6) is 0 Å². The van der Waals surface area contributed by atoms with E-state index in [1.165, 1.54) is 17.3 Å². The van der Waals surface area contributed by atoms with Crippen molar-refractivity contribution in [3.05, 3.63) is 35.8 Å². The topological polar surface area (TPSA) is 101 Å². The fourth-order valence-corrected chi connectivity index (χ4v) is 1.91. The molecule has 8 heteroatoms. The molecule has 2 aromatic rings. The van der Waals surface area contributed by atoms with Crippen molar-refractivity contribution in [2.45, 2.75) is 26.4 Å². The van der Waals surface area contributed by atoms with Crippen molar-refractivity contribution in [2.24, 2.45) is 0 Å². The summed E-state index contributed by atoms with van der Waals surface area (Å²) >= 11 is 0. The zero-order valence-electron chi connectivity index (χ0n) is 11.8. The van der Waals surface area contributed by atoms with E-state index in [-0.39, 0.29) is 24.4 Å². The van der Waals surface area contributed by atoms with Crippen LogP contribution in [0.25, 0.3) is 0 Å². The van der Waals surface area contributed by atoms with E-state index in [2.05, 4.69) is 10.1 Å². The fourth-order valence-electron chi connectivity index (χ4n) is 1.91. The largest absolute Gasteiger partial charge is 0.478 e. The monoisotopic (exact) mass is 292 g/mol. The van der Waals surface area contributed by atoms with Gasteiger partial charge in [-0.15, -0.1) is 0 Å². The highest BCUT2D eigenvalue weighted by atomic mass is 16.4. The van der Waals surface area contributed by atoms with Gasteiger partial charge in [0.25, 0.3) is 0 Å². The molecule has 2 rings (SSSR count). The molecule has 0 saturated carbocycles. The van der Waals surface area contributed by atoms with Crippen LogP contribution < -0.4 is 0 Å². The lowest BCUT2D eigenvalue weighted by Crippen LogP contribution is -2.27. The Labute approximate surface area is 121 Å². The summed E-state index contributed by atoms with van der Waals surface area (Å²) in [5.41, 5.74) is 0.119. The Bertz CT molecular complexity index is 633. The van der Waals surface area contributed by atoms with E-state index in [0.29, 0.717) is 18.1 Å². The molecule has 8 nitrogen and oxygen atoms in total. The lowest BCUT2D eigenvalue weighted by molar-refractivity contribution is -0.130. The van der Waals surface area contributed by atoms with Crippen LogP contribution in [0.3, 0.4) is 0 Å². The SMILES string of the molecule is Cc1oc(CN(C)C(=O)CCn2cncn2)cc1C(=O)O. The second kappa shape index (κ2) is 6.21. The molecule has 1 amide bonds. The summed E-state index contributed by atoms with van der Waals surface area (Å²) < 4.78 is 6.92. The Kier molecular flexibility index (Phi) is 4.36. The van der Waals surface area contributed by atoms with Crippen LogP contribution in [0.4, 0.5) is 0 Å². The van der Waals surface area contributed by atoms with E-state index < -0.39 is 5.97 Å². The predicted octanol–water partition coefficient (Wildman–Crippen LogP) is 0.926. The molecular weight excluding hydrogens is 276 g/mol. The lowest BCUT2D eigenvalue weighted by atomic mass is 10.2. The molecule has 2 aromatic heterocycles. The number of rotatable bonds is 6. The van der Waals surface area contributed by atoms with Gasteiger partial charge in [-0.3, -0.25) is 9.48 Å². The minimum atomic E-state index is -1.04. The fraction of sp³-hybridized carbons (Fsp3) is 0.385. The third kappa shape index (κ3) is 3.68. The van der Waals surface area contributed by atoms with Gasteiger partial charge in [-0.1, -0.05) is 0 Å². The number of nitrogens with zero attached hydrogens (tertiary/aromatic N) is 4. The van der Waals surface area contributed by atoms with Crippen LogP contribution in [-0.4, -0.2) is 43.7 Å². The zero-order chi connectivity index (χ0) is 15.4. The maximum absolute atomic E-state index is 12.0. The molecule has 0 saturated heterocycles. The molecule has 21 heavy (non-hydrogen) atoms. The molecule has 0 aliphatic carbocycles. The maximum atomic E-state index is 12.0. The average molecular weight is 292 g/mol. The highest BCUT2D eigenvalue weighted by Crippen LogP contribution is 2.16. The van der Waals surface area contributed by atoms with Crippen molar-refractivity contribution in [3.63, 3.8) is 0 Å². The standard InChI is InChI=1S/C13H16N4O4/c1-9-11(13(19)20)5-10(21-9)6-16(2)12(18)3-4-17-8-14-7-15-17/h5,7-8H,3-4,6H2,1-2H3,(H,19,20). The van der Waals surface area contributed by atoms with Gasteiger partial charge in [-0.2, -0.15) is 5.10 Å². The number of carbonyl (C=O) groups excluding carboxylic acids is 1. The molecule has 0 aliphatic rings. The summed E-state index contributed by atoms with van der Waals surface area (Å²) in [6.45, 7) is 2.25. The first kappa shape index (κ1) is 14.8. The number of carboxylic acid groups (broad SMARTS) is 1. The number of hydrogen-bond donors (Lipinski definition) is 1. The van der Waals surface area contributed by atoms with Gasteiger partial charge in [0.15, 0.2) is 0 Å². The molecule has 0 radical (unpaired) electrons. The van der Waals surface area contributed by atoms with Gasteiger partial charge in [0, 0.05) is 13.5 Å². The number of hydrogen-bond acceptors (Lipinski definition) is 5. The van der Waals surface area contributed by atoms with E-state index in [0.717, 1.165) is 0 Å². The second-order valence-electron chi connectivity index (χ2n) is 4.65. The van der Waals surface area contributed by atoms with Crippen molar-refractivity contribution in [2.75, 3.05) is 7.05 Å². The molecule has 0 unspecified atom stereocenters. The second-order valence-corrected chi connectivity index (χ2v) is 4.65. The summed E-state index contributed by atoms with van der Waals surface area (Å²) in [5, 5.41) is 12.9. The van der Waals surface area contributed by atoms with E-state index in [4.69, 9.17) is 9.52 Å².